The number of hydrogen-bond donors (Lipinski definition) is 1. The number of fused-ring (bicyclic) bond motifs is 1. The summed E-state index contributed by atoms with van der Waals surface area (Å²) in [6.45, 7) is 5.26. The number of carbonyl (C=O) groups is 1. The summed E-state index contributed by atoms with van der Waals surface area (Å²) in [4.78, 5) is 15.0. The molecule has 0 aromatic carbocycles. The number of aromatic nitrogens is 7. The van der Waals surface area contributed by atoms with E-state index in [0.717, 1.165) is 60.3 Å². The lowest BCUT2D eigenvalue weighted by molar-refractivity contribution is -0.119. The minimum Gasteiger partial charge on any atom is -0.356 e. The van der Waals surface area contributed by atoms with Crippen LogP contribution in [-0.4, -0.2) is 46.6 Å². The van der Waals surface area contributed by atoms with E-state index >= 15 is 0 Å². The van der Waals surface area contributed by atoms with E-state index in [1.54, 1.807) is 10.9 Å². The number of amides is 1. The van der Waals surface area contributed by atoms with Crippen LogP contribution in [-0.2, 0) is 11.8 Å². The van der Waals surface area contributed by atoms with E-state index in [1.165, 1.54) is 0 Å². The summed E-state index contributed by atoms with van der Waals surface area (Å²) in [6, 6.07) is 2.39. The van der Waals surface area contributed by atoms with Gasteiger partial charge in [0.1, 0.15) is 0 Å². The summed E-state index contributed by atoms with van der Waals surface area (Å²) in [5, 5.41) is 15.9. The molecule has 1 aliphatic heterocycles. The zero-order valence-electron chi connectivity index (χ0n) is 18.2. The van der Waals surface area contributed by atoms with E-state index in [9.17, 15) is 4.79 Å². The Bertz CT molecular complexity index is 1160. The minimum atomic E-state index is 0.204. The van der Waals surface area contributed by atoms with E-state index in [4.69, 9.17) is 4.98 Å². The second kappa shape index (κ2) is 9.11. The Morgan fingerprint density at radius 3 is 2.48 bits per heavy atom. The fourth-order valence-electron chi connectivity index (χ4n) is 3.72. The summed E-state index contributed by atoms with van der Waals surface area (Å²) in [7, 11) is 1.90. The van der Waals surface area contributed by atoms with Gasteiger partial charge in [0.05, 0.1) is 47.7 Å². The van der Waals surface area contributed by atoms with Gasteiger partial charge >= 0.3 is 0 Å². The third-order valence-electron chi connectivity index (χ3n) is 5.48. The maximum Gasteiger partial charge on any atom is 0.220 e. The van der Waals surface area contributed by atoms with Gasteiger partial charge in [0.2, 0.25) is 5.91 Å². The number of nitrogens with one attached hydrogen (secondary N) is 1. The maximum atomic E-state index is 10.1. The molecule has 1 amide bonds. The number of nitrogens with zero attached hydrogens (tertiary/aromatic N) is 7. The summed E-state index contributed by atoms with van der Waals surface area (Å²) < 4.78 is 5.68. The van der Waals surface area contributed by atoms with Gasteiger partial charge in [0, 0.05) is 43.5 Å². The van der Waals surface area contributed by atoms with Crippen LogP contribution in [0, 0.1) is 0 Å². The van der Waals surface area contributed by atoms with Crippen LogP contribution < -0.4 is 5.32 Å². The minimum absolute atomic E-state index is 0.204. The Labute approximate surface area is 181 Å². The highest BCUT2D eigenvalue weighted by Crippen LogP contribution is 2.27. The van der Waals surface area contributed by atoms with Gasteiger partial charge in [0.25, 0.3) is 0 Å². The first kappa shape index (κ1) is 20.8. The Morgan fingerprint density at radius 1 is 1.06 bits per heavy atom. The standard InChI is InChI=1S/C18H21N7.C4H7NO/c1-4-15(5-2)24-11-14(9-21-24)18-17-6-7-19-25(17)12-16(22-18)13-8-20-23(3)10-13;6-4-2-1-3-5-4/h6-12,15H,4-5H2,1-3H3;1-3H2,(H,5,6). The molecule has 0 bridgehead atoms. The van der Waals surface area contributed by atoms with Crippen molar-refractivity contribution in [3.05, 3.63) is 43.2 Å². The lowest BCUT2D eigenvalue weighted by Crippen LogP contribution is -2.12. The monoisotopic (exact) mass is 420 g/mol. The maximum absolute atomic E-state index is 10.1. The predicted molar refractivity (Wildman–Crippen MR) is 118 cm³/mol. The third kappa shape index (κ3) is 4.50. The van der Waals surface area contributed by atoms with Crippen LogP contribution in [0.2, 0.25) is 0 Å². The zero-order valence-corrected chi connectivity index (χ0v) is 18.2. The molecule has 162 valence electrons. The molecule has 1 fully saturated rings. The van der Waals surface area contributed by atoms with Crippen molar-refractivity contribution in [3.8, 4) is 22.5 Å². The summed E-state index contributed by atoms with van der Waals surface area (Å²) in [5.74, 6) is 0.204. The van der Waals surface area contributed by atoms with Crippen LogP contribution in [0.5, 0.6) is 0 Å². The van der Waals surface area contributed by atoms with Gasteiger partial charge < -0.3 is 5.32 Å². The van der Waals surface area contributed by atoms with E-state index in [2.05, 4.69) is 40.7 Å². The van der Waals surface area contributed by atoms with Gasteiger partial charge in [0.15, 0.2) is 0 Å². The van der Waals surface area contributed by atoms with Crippen LogP contribution in [0.4, 0.5) is 0 Å². The Kier molecular flexibility index (Phi) is 6.11. The number of hydrogen-bond acceptors (Lipinski definition) is 5. The molecular weight excluding hydrogens is 392 g/mol. The second-order valence-electron chi connectivity index (χ2n) is 7.67. The first-order valence-electron chi connectivity index (χ1n) is 10.7. The third-order valence-corrected chi connectivity index (χ3v) is 5.48. The van der Waals surface area contributed by atoms with Gasteiger partial charge in [-0.15, -0.1) is 0 Å². The van der Waals surface area contributed by atoms with Crippen molar-refractivity contribution in [3.63, 3.8) is 0 Å². The highest BCUT2D eigenvalue weighted by Gasteiger charge is 2.15. The van der Waals surface area contributed by atoms with E-state index in [0.29, 0.717) is 6.04 Å². The molecule has 0 atom stereocenters. The molecule has 0 spiro atoms. The topological polar surface area (TPSA) is 94.9 Å². The molecule has 9 nitrogen and oxygen atoms in total. The molecule has 0 aliphatic carbocycles. The highest BCUT2D eigenvalue weighted by molar-refractivity contribution is 5.78. The van der Waals surface area contributed by atoms with Crippen molar-refractivity contribution < 1.29 is 4.79 Å². The molecule has 5 rings (SSSR count). The average Bonchev–Trinajstić information content (AvgIpc) is 3.56. The average molecular weight is 421 g/mol. The van der Waals surface area contributed by atoms with Crippen LogP contribution in [0.15, 0.2) is 43.2 Å². The number of rotatable bonds is 5. The van der Waals surface area contributed by atoms with E-state index in [-0.39, 0.29) is 5.91 Å². The van der Waals surface area contributed by atoms with Gasteiger partial charge in [-0.05, 0) is 25.3 Å². The second-order valence-corrected chi connectivity index (χ2v) is 7.67. The molecule has 5 heterocycles. The largest absolute Gasteiger partial charge is 0.356 e. The van der Waals surface area contributed by atoms with Crippen molar-refractivity contribution in [2.24, 2.45) is 7.05 Å². The van der Waals surface area contributed by atoms with E-state index < -0.39 is 0 Å². The van der Waals surface area contributed by atoms with Crippen LogP contribution in [0.1, 0.15) is 45.6 Å². The molecule has 0 unspecified atom stereocenters. The summed E-state index contributed by atoms with van der Waals surface area (Å²) >= 11 is 0. The first-order chi connectivity index (χ1) is 15.1. The predicted octanol–water partition coefficient (Wildman–Crippen LogP) is 3.25. The van der Waals surface area contributed by atoms with Crippen molar-refractivity contribution in [1.82, 2.24) is 39.5 Å². The quantitative estimate of drug-likeness (QED) is 0.535. The van der Waals surface area contributed by atoms with Crippen LogP contribution in [0.25, 0.3) is 28.0 Å². The Morgan fingerprint density at radius 2 is 1.87 bits per heavy atom. The molecule has 4 aromatic rings. The molecule has 0 radical (unpaired) electrons. The van der Waals surface area contributed by atoms with Crippen molar-refractivity contribution in [2.45, 2.75) is 45.6 Å². The first-order valence-corrected chi connectivity index (χ1v) is 10.7. The lowest BCUT2D eigenvalue weighted by Gasteiger charge is -2.12. The SMILES string of the molecule is CCC(CC)n1cc(-c2nc(-c3cnn(C)c3)cn3nccc23)cn1.O=C1CCCN1. The molecule has 0 saturated carbocycles. The van der Waals surface area contributed by atoms with E-state index in [1.807, 2.05) is 47.1 Å². The van der Waals surface area contributed by atoms with Gasteiger partial charge in [-0.1, -0.05) is 13.8 Å². The Hall–Kier alpha value is -3.49. The summed E-state index contributed by atoms with van der Waals surface area (Å²) in [6.07, 6.45) is 15.3. The van der Waals surface area contributed by atoms with Gasteiger partial charge in [-0.25, -0.2) is 9.50 Å². The molecule has 4 aromatic heterocycles. The molecular formula is C22H28N8O. The lowest BCUT2D eigenvalue weighted by atomic mass is 10.1. The number of aryl methyl sites for hydroxylation is 1. The molecule has 9 heteroatoms. The smallest absolute Gasteiger partial charge is 0.220 e. The fourth-order valence-corrected chi connectivity index (χ4v) is 3.72. The van der Waals surface area contributed by atoms with Gasteiger partial charge in [-0.2, -0.15) is 15.3 Å². The molecule has 1 N–H and O–H groups in total. The Balaban J connectivity index is 0.000000334. The number of carbonyl (C=O) groups excluding carboxylic acids is 1. The highest BCUT2D eigenvalue weighted by atomic mass is 16.1. The molecule has 1 aliphatic rings. The normalized spacial score (nSPS) is 13.5. The van der Waals surface area contributed by atoms with Gasteiger partial charge in [-0.3, -0.25) is 14.2 Å². The molecule has 31 heavy (non-hydrogen) atoms. The summed E-state index contributed by atoms with van der Waals surface area (Å²) in [5.41, 5.74) is 4.67. The van der Waals surface area contributed by atoms with Crippen LogP contribution in [0.3, 0.4) is 0 Å². The molecule has 1 saturated heterocycles. The fraction of sp³-hybridized carbons (Fsp3) is 0.409. The van der Waals surface area contributed by atoms with Crippen LogP contribution >= 0.6 is 0 Å². The van der Waals surface area contributed by atoms with Crippen molar-refractivity contribution >= 4 is 11.4 Å². The zero-order chi connectivity index (χ0) is 21.8. The van der Waals surface area contributed by atoms with Crippen molar-refractivity contribution in [1.29, 1.82) is 0 Å². The van der Waals surface area contributed by atoms with Crippen molar-refractivity contribution in [2.75, 3.05) is 6.54 Å².